The van der Waals surface area contributed by atoms with Crippen LogP contribution in [0.25, 0.3) is 0 Å². The molecule has 1 rings (SSSR count). The van der Waals surface area contributed by atoms with Gasteiger partial charge in [-0.1, -0.05) is 20.8 Å². The molecule has 1 heterocycles. The first-order valence-electron chi connectivity index (χ1n) is 6.57. The molecule has 2 N–H and O–H groups in total. The summed E-state index contributed by atoms with van der Waals surface area (Å²) in [7, 11) is -1.88. The summed E-state index contributed by atoms with van der Waals surface area (Å²) in [6, 6.07) is 1.95. The molecule has 0 aliphatic heterocycles. The largest absolute Gasteiger partial charge is 0.416 e. The molecule has 0 saturated heterocycles. The summed E-state index contributed by atoms with van der Waals surface area (Å²) in [6.45, 7) is 11.1. The van der Waals surface area contributed by atoms with Crippen molar-refractivity contribution in [2.24, 2.45) is 0 Å². The maximum Gasteiger partial charge on any atom is 0.192 e. The summed E-state index contributed by atoms with van der Waals surface area (Å²) >= 11 is 1.57. The molecule has 0 unspecified atom stereocenters. The molecule has 0 saturated carbocycles. The molecule has 0 aliphatic rings. The average Bonchev–Trinajstić information content (AvgIpc) is 2.84. The predicted octanol–water partition coefficient (Wildman–Crippen LogP) is 2.99. The topological polar surface area (TPSA) is 49.7 Å². The van der Waals surface area contributed by atoms with E-state index in [-0.39, 0.29) is 18.3 Å². The molecular formula is C14H26O3SSi. The Morgan fingerprint density at radius 1 is 1.21 bits per heavy atom. The van der Waals surface area contributed by atoms with Crippen molar-refractivity contribution in [2.45, 2.75) is 44.3 Å². The van der Waals surface area contributed by atoms with Crippen LogP contribution in [0.15, 0.2) is 16.8 Å². The normalized spacial score (nSPS) is 13.8. The fourth-order valence-corrected chi connectivity index (χ4v) is 3.36. The highest BCUT2D eigenvalue weighted by Gasteiger charge is 2.41. The number of thiophene rings is 1. The lowest BCUT2D eigenvalue weighted by atomic mass is 9.85. The van der Waals surface area contributed by atoms with Gasteiger partial charge in [0.05, 0.1) is 18.6 Å². The molecule has 0 radical (unpaired) electrons. The first-order valence-corrected chi connectivity index (χ1v) is 10.4. The smallest absolute Gasteiger partial charge is 0.192 e. The van der Waals surface area contributed by atoms with E-state index in [0.717, 1.165) is 5.56 Å². The van der Waals surface area contributed by atoms with Crippen LogP contribution >= 0.6 is 11.3 Å². The molecule has 1 aromatic rings. The summed E-state index contributed by atoms with van der Waals surface area (Å²) in [5.74, 6) is 0. The van der Waals surface area contributed by atoms with E-state index in [9.17, 15) is 10.2 Å². The van der Waals surface area contributed by atoms with Crippen LogP contribution in [0.2, 0.25) is 18.1 Å². The van der Waals surface area contributed by atoms with Gasteiger partial charge in [0.15, 0.2) is 8.32 Å². The van der Waals surface area contributed by atoms with E-state index in [1.165, 1.54) is 0 Å². The average molecular weight is 303 g/mol. The highest BCUT2D eigenvalue weighted by Crippen LogP contribution is 2.38. The van der Waals surface area contributed by atoms with Gasteiger partial charge in [0, 0.05) is 6.61 Å². The van der Waals surface area contributed by atoms with E-state index in [0.29, 0.717) is 6.61 Å². The third-order valence-electron chi connectivity index (χ3n) is 4.25. The van der Waals surface area contributed by atoms with E-state index in [1.54, 1.807) is 11.3 Å². The van der Waals surface area contributed by atoms with Crippen LogP contribution in [0.4, 0.5) is 0 Å². The van der Waals surface area contributed by atoms with Crippen molar-refractivity contribution in [3.63, 3.8) is 0 Å². The fraction of sp³-hybridized carbons (Fsp3) is 0.714. The second-order valence-corrected chi connectivity index (χ2v) is 12.2. The minimum Gasteiger partial charge on any atom is -0.416 e. The SMILES string of the molecule is CC(C)(C)[Si](C)(C)OCC(CO)(CO)c1ccsc1. The molecular weight excluding hydrogens is 276 g/mol. The Kier molecular flexibility index (Phi) is 5.37. The first kappa shape index (κ1) is 16.9. The van der Waals surface area contributed by atoms with Gasteiger partial charge in [0.1, 0.15) is 0 Å². The van der Waals surface area contributed by atoms with Crippen LogP contribution in [0.3, 0.4) is 0 Å². The van der Waals surface area contributed by atoms with Gasteiger partial charge in [-0.25, -0.2) is 0 Å². The van der Waals surface area contributed by atoms with Crippen molar-refractivity contribution < 1.29 is 14.6 Å². The highest BCUT2D eigenvalue weighted by atomic mass is 32.1. The Morgan fingerprint density at radius 3 is 2.16 bits per heavy atom. The third-order valence-corrected chi connectivity index (χ3v) is 9.42. The molecule has 0 bridgehead atoms. The second-order valence-electron chi connectivity index (χ2n) is 6.66. The molecule has 0 aliphatic carbocycles. The summed E-state index contributed by atoms with van der Waals surface area (Å²) in [5.41, 5.74) is 0.274. The molecule has 0 aromatic carbocycles. The molecule has 19 heavy (non-hydrogen) atoms. The molecule has 110 valence electrons. The minimum atomic E-state index is -1.88. The lowest BCUT2D eigenvalue weighted by molar-refractivity contribution is 0.0682. The number of aliphatic hydroxyl groups excluding tert-OH is 2. The number of aliphatic hydroxyl groups is 2. The zero-order chi connectivity index (χ0) is 14.7. The van der Waals surface area contributed by atoms with Gasteiger partial charge in [-0.15, -0.1) is 0 Å². The Balaban J connectivity index is 2.88. The molecule has 0 amide bonds. The van der Waals surface area contributed by atoms with Crippen molar-refractivity contribution in [1.29, 1.82) is 0 Å². The maximum absolute atomic E-state index is 9.73. The number of hydrogen-bond donors (Lipinski definition) is 2. The van der Waals surface area contributed by atoms with Gasteiger partial charge < -0.3 is 14.6 Å². The Hall–Kier alpha value is -0.203. The monoisotopic (exact) mass is 302 g/mol. The van der Waals surface area contributed by atoms with Crippen molar-refractivity contribution in [2.75, 3.05) is 19.8 Å². The van der Waals surface area contributed by atoms with Crippen LogP contribution in [-0.4, -0.2) is 38.4 Å². The fourth-order valence-electron chi connectivity index (χ4n) is 1.51. The Morgan fingerprint density at radius 2 is 1.79 bits per heavy atom. The standard InChI is InChI=1S/C14H26O3SSi/c1-13(2,3)19(4,5)17-11-14(9-15,10-16)12-6-7-18-8-12/h6-8,15-16H,9-11H2,1-5H3. The molecule has 0 atom stereocenters. The second kappa shape index (κ2) is 6.05. The van der Waals surface area contributed by atoms with Gasteiger partial charge in [-0.05, 0) is 40.5 Å². The Labute approximate surface area is 121 Å². The minimum absolute atomic E-state index is 0.102. The summed E-state index contributed by atoms with van der Waals surface area (Å²) < 4.78 is 6.19. The summed E-state index contributed by atoms with van der Waals surface area (Å²) in [5, 5.41) is 23.5. The first-order chi connectivity index (χ1) is 8.68. The summed E-state index contributed by atoms with van der Waals surface area (Å²) in [4.78, 5) is 0. The van der Waals surface area contributed by atoms with Crippen LogP contribution in [0.5, 0.6) is 0 Å². The molecule has 0 fully saturated rings. The van der Waals surface area contributed by atoms with E-state index < -0.39 is 13.7 Å². The maximum atomic E-state index is 9.73. The number of hydrogen-bond acceptors (Lipinski definition) is 4. The summed E-state index contributed by atoms with van der Waals surface area (Å²) in [6.07, 6.45) is 0. The van der Waals surface area contributed by atoms with E-state index in [4.69, 9.17) is 4.43 Å². The Bertz CT molecular complexity index is 378. The van der Waals surface area contributed by atoms with Crippen LogP contribution in [-0.2, 0) is 9.84 Å². The van der Waals surface area contributed by atoms with Crippen LogP contribution in [0, 0.1) is 0 Å². The lowest BCUT2D eigenvalue weighted by Crippen LogP contribution is -2.47. The van der Waals surface area contributed by atoms with Gasteiger partial charge in [-0.3, -0.25) is 0 Å². The molecule has 0 spiro atoms. The molecule has 1 aromatic heterocycles. The zero-order valence-corrected chi connectivity index (χ0v) is 14.4. The van der Waals surface area contributed by atoms with Crippen LogP contribution in [0.1, 0.15) is 26.3 Å². The highest BCUT2D eigenvalue weighted by molar-refractivity contribution is 7.08. The quantitative estimate of drug-likeness (QED) is 0.794. The molecule has 3 nitrogen and oxygen atoms in total. The lowest BCUT2D eigenvalue weighted by Gasteiger charge is -2.40. The van der Waals surface area contributed by atoms with Gasteiger partial charge >= 0.3 is 0 Å². The predicted molar refractivity (Wildman–Crippen MR) is 83.3 cm³/mol. The zero-order valence-electron chi connectivity index (χ0n) is 12.6. The number of rotatable bonds is 6. The van der Waals surface area contributed by atoms with Crippen molar-refractivity contribution in [3.8, 4) is 0 Å². The van der Waals surface area contributed by atoms with E-state index in [1.807, 2.05) is 16.8 Å². The van der Waals surface area contributed by atoms with Crippen molar-refractivity contribution in [3.05, 3.63) is 22.4 Å². The van der Waals surface area contributed by atoms with Crippen molar-refractivity contribution >= 4 is 19.7 Å². The third kappa shape index (κ3) is 3.67. The van der Waals surface area contributed by atoms with E-state index >= 15 is 0 Å². The van der Waals surface area contributed by atoms with Gasteiger partial charge in [0.25, 0.3) is 0 Å². The van der Waals surface area contributed by atoms with Gasteiger partial charge in [0.2, 0.25) is 0 Å². The van der Waals surface area contributed by atoms with Crippen LogP contribution < -0.4 is 0 Å². The van der Waals surface area contributed by atoms with E-state index in [2.05, 4.69) is 33.9 Å². The molecule has 5 heteroatoms. The van der Waals surface area contributed by atoms with Gasteiger partial charge in [-0.2, -0.15) is 11.3 Å². The van der Waals surface area contributed by atoms with Crippen molar-refractivity contribution in [1.82, 2.24) is 0 Å².